The maximum Gasteiger partial charge on any atom is 0.266 e. The van der Waals surface area contributed by atoms with Gasteiger partial charge < -0.3 is 15.1 Å². The molecule has 1 fully saturated rings. The maximum atomic E-state index is 12.4. The fourth-order valence-corrected chi connectivity index (χ4v) is 3.65. The molecule has 1 aromatic carbocycles. The van der Waals surface area contributed by atoms with Gasteiger partial charge >= 0.3 is 0 Å². The van der Waals surface area contributed by atoms with Gasteiger partial charge in [0.25, 0.3) is 5.91 Å². The first-order chi connectivity index (χ1) is 11.0. The normalized spacial score (nSPS) is 15.7. The number of hydrogen-bond acceptors (Lipinski definition) is 4. The lowest BCUT2D eigenvalue weighted by Crippen LogP contribution is -2.44. The number of nitrogens with zero attached hydrogens (tertiary/aromatic N) is 2. The molecule has 0 unspecified atom stereocenters. The quantitative estimate of drug-likeness (QED) is 0.938. The first-order valence-corrected chi connectivity index (χ1v) is 8.82. The molecule has 2 heterocycles. The summed E-state index contributed by atoms with van der Waals surface area (Å²) < 4.78 is 0. The molecule has 4 nitrogen and oxygen atoms in total. The summed E-state index contributed by atoms with van der Waals surface area (Å²) in [5.41, 5.74) is 4.25. The molecule has 1 saturated heterocycles. The van der Waals surface area contributed by atoms with Crippen molar-refractivity contribution in [3.8, 4) is 0 Å². The Kier molecular flexibility index (Phi) is 4.68. The van der Waals surface area contributed by atoms with Crippen LogP contribution >= 0.6 is 11.3 Å². The third kappa shape index (κ3) is 3.57. The first kappa shape index (κ1) is 16.0. The number of aryl methyl sites for hydroxylation is 2. The summed E-state index contributed by atoms with van der Waals surface area (Å²) in [6, 6.07) is 8.27. The van der Waals surface area contributed by atoms with Crippen LogP contribution in [0.2, 0.25) is 0 Å². The molecular formula is C18H23N3OS. The van der Waals surface area contributed by atoms with Gasteiger partial charge in [-0.25, -0.2) is 0 Å². The van der Waals surface area contributed by atoms with Gasteiger partial charge in [0.15, 0.2) is 0 Å². The summed E-state index contributed by atoms with van der Waals surface area (Å²) in [5.74, 6) is -0.0204. The Morgan fingerprint density at radius 1 is 1.09 bits per heavy atom. The Morgan fingerprint density at radius 3 is 2.43 bits per heavy atom. The molecule has 0 aliphatic carbocycles. The predicted molar refractivity (Wildman–Crippen MR) is 97.9 cm³/mol. The minimum atomic E-state index is -0.0204. The molecule has 1 N–H and O–H groups in total. The van der Waals surface area contributed by atoms with E-state index in [0.29, 0.717) is 0 Å². The third-order valence-electron chi connectivity index (χ3n) is 4.39. The molecule has 0 spiro atoms. The van der Waals surface area contributed by atoms with E-state index in [0.717, 1.165) is 47.9 Å². The number of carbonyl (C=O) groups excluding carboxylic acids is 1. The molecule has 23 heavy (non-hydrogen) atoms. The molecule has 0 radical (unpaired) electrons. The van der Waals surface area contributed by atoms with Crippen molar-refractivity contribution in [1.82, 2.24) is 4.90 Å². The van der Waals surface area contributed by atoms with Gasteiger partial charge in [0, 0.05) is 37.6 Å². The number of benzene rings is 1. The predicted octanol–water partition coefficient (Wildman–Crippen LogP) is 3.37. The van der Waals surface area contributed by atoms with Crippen LogP contribution in [0, 0.1) is 13.8 Å². The number of rotatable bonds is 3. The number of carbonyl (C=O) groups is 1. The maximum absolute atomic E-state index is 12.4. The fourth-order valence-electron chi connectivity index (χ4n) is 2.83. The van der Waals surface area contributed by atoms with Crippen molar-refractivity contribution in [2.75, 3.05) is 43.4 Å². The lowest BCUT2D eigenvalue weighted by Gasteiger charge is -2.34. The molecule has 0 saturated carbocycles. The van der Waals surface area contributed by atoms with E-state index >= 15 is 0 Å². The van der Waals surface area contributed by atoms with E-state index in [1.165, 1.54) is 17.0 Å². The zero-order valence-electron chi connectivity index (χ0n) is 13.9. The summed E-state index contributed by atoms with van der Waals surface area (Å²) in [6.45, 7) is 8.31. The van der Waals surface area contributed by atoms with Crippen LogP contribution in [0.5, 0.6) is 0 Å². The number of nitrogens with one attached hydrogen (secondary N) is 1. The molecule has 2 aromatic rings. The van der Waals surface area contributed by atoms with E-state index in [4.69, 9.17) is 0 Å². The minimum Gasteiger partial charge on any atom is -0.369 e. The van der Waals surface area contributed by atoms with Crippen LogP contribution in [-0.4, -0.2) is 44.0 Å². The second-order valence-electron chi connectivity index (χ2n) is 6.18. The van der Waals surface area contributed by atoms with Gasteiger partial charge in [0.05, 0.1) is 4.88 Å². The first-order valence-electron chi connectivity index (χ1n) is 7.94. The topological polar surface area (TPSA) is 35.6 Å². The highest BCUT2D eigenvalue weighted by Gasteiger charge is 2.16. The number of piperazine rings is 1. The SMILES string of the molecule is Cc1cc(N2CCN(C)CC2)ccc1NC(=O)c1sccc1C. The molecule has 1 aliphatic heterocycles. The number of amides is 1. The second kappa shape index (κ2) is 6.72. The number of anilines is 2. The van der Waals surface area contributed by atoms with Crippen LogP contribution in [0.15, 0.2) is 29.6 Å². The van der Waals surface area contributed by atoms with Crippen molar-refractivity contribution in [2.24, 2.45) is 0 Å². The van der Waals surface area contributed by atoms with Crippen LogP contribution in [0.1, 0.15) is 20.8 Å². The summed E-state index contributed by atoms with van der Waals surface area (Å²) in [5, 5.41) is 4.99. The minimum absolute atomic E-state index is 0.0204. The standard InChI is InChI=1S/C18H23N3OS/c1-13-6-11-23-17(13)18(22)19-16-5-4-15(12-14(16)2)21-9-7-20(3)8-10-21/h4-6,11-12H,7-10H2,1-3H3,(H,19,22). The second-order valence-corrected chi connectivity index (χ2v) is 7.09. The average molecular weight is 329 g/mol. The number of likely N-dealkylation sites (N-methyl/N-ethyl adjacent to an activating group) is 1. The lowest BCUT2D eigenvalue weighted by atomic mass is 10.1. The van der Waals surface area contributed by atoms with Gasteiger partial charge in [-0.3, -0.25) is 4.79 Å². The largest absolute Gasteiger partial charge is 0.369 e. The monoisotopic (exact) mass is 329 g/mol. The summed E-state index contributed by atoms with van der Waals surface area (Å²) in [7, 11) is 2.16. The highest BCUT2D eigenvalue weighted by Crippen LogP contribution is 2.25. The van der Waals surface area contributed by atoms with Crippen molar-refractivity contribution < 1.29 is 4.79 Å². The van der Waals surface area contributed by atoms with E-state index in [1.807, 2.05) is 24.4 Å². The van der Waals surface area contributed by atoms with Crippen LogP contribution in [0.25, 0.3) is 0 Å². The molecule has 0 bridgehead atoms. The van der Waals surface area contributed by atoms with Crippen LogP contribution in [-0.2, 0) is 0 Å². The highest BCUT2D eigenvalue weighted by molar-refractivity contribution is 7.12. The summed E-state index contributed by atoms with van der Waals surface area (Å²) >= 11 is 1.48. The summed E-state index contributed by atoms with van der Waals surface area (Å²) in [6.07, 6.45) is 0. The van der Waals surface area contributed by atoms with Gasteiger partial charge in [0.1, 0.15) is 0 Å². The van der Waals surface area contributed by atoms with Crippen LogP contribution < -0.4 is 10.2 Å². The molecule has 5 heteroatoms. The highest BCUT2D eigenvalue weighted by atomic mass is 32.1. The van der Waals surface area contributed by atoms with Crippen molar-refractivity contribution in [1.29, 1.82) is 0 Å². The fraction of sp³-hybridized carbons (Fsp3) is 0.389. The van der Waals surface area contributed by atoms with Gasteiger partial charge in [0.2, 0.25) is 0 Å². The smallest absolute Gasteiger partial charge is 0.266 e. The third-order valence-corrected chi connectivity index (χ3v) is 5.41. The van der Waals surface area contributed by atoms with Crippen molar-refractivity contribution in [2.45, 2.75) is 13.8 Å². The molecule has 1 aromatic heterocycles. The molecule has 1 aliphatic rings. The Morgan fingerprint density at radius 2 is 1.83 bits per heavy atom. The van der Waals surface area contributed by atoms with Crippen LogP contribution in [0.4, 0.5) is 11.4 Å². The van der Waals surface area contributed by atoms with Crippen molar-refractivity contribution in [3.63, 3.8) is 0 Å². The zero-order chi connectivity index (χ0) is 16.4. The Labute approximate surface area is 141 Å². The Hall–Kier alpha value is -1.85. The number of thiophene rings is 1. The Bertz CT molecular complexity index is 702. The van der Waals surface area contributed by atoms with Gasteiger partial charge in [-0.1, -0.05) is 0 Å². The molecule has 1 amide bonds. The lowest BCUT2D eigenvalue weighted by molar-refractivity contribution is 0.103. The van der Waals surface area contributed by atoms with Crippen molar-refractivity contribution in [3.05, 3.63) is 45.6 Å². The van der Waals surface area contributed by atoms with Gasteiger partial charge in [-0.2, -0.15) is 0 Å². The molecule has 3 rings (SSSR count). The van der Waals surface area contributed by atoms with E-state index in [2.05, 4.69) is 41.2 Å². The van der Waals surface area contributed by atoms with E-state index in [1.54, 1.807) is 0 Å². The Balaban J connectivity index is 1.72. The average Bonchev–Trinajstić information content (AvgIpc) is 2.96. The van der Waals surface area contributed by atoms with E-state index < -0.39 is 0 Å². The van der Waals surface area contributed by atoms with Crippen molar-refractivity contribution >= 4 is 28.6 Å². The number of hydrogen-bond donors (Lipinski definition) is 1. The van der Waals surface area contributed by atoms with E-state index in [9.17, 15) is 4.79 Å². The molecule has 122 valence electrons. The van der Waals surface area contributed by atoms with E-state index in [-0.39, 0.29) is 5.91 Å². The summed E-state index contributed by atoms with van der Waals surface area (Å²) in [4.78, 5) is 17.9. The molecular weight excluding hydrogens is 306 g/mol. The zero-order valence-corrected chi connectivity index (χ0v) is 14.7. The van der Waals surface area contributed by atoms with Gasteiger partial charge in [-0.15, -0.1) is 11.3 Å². The van der Waals surface area contributed by atoms with Gasteiger partial charge in [-0.05, 0) is 61.7 Å². The molecule has 0 atom stereocenters. The van der Waals surface area contributed by atoms with Crippen LogP contribution in [0.3, 0.4) is 0 Å².